The summed E-state index contributed by atoms with van der Waals surface area (Å²) in [6.07, 6.45) is 3.69. The summed E-state index contributed by atoms with van der Waals surface area (Å²) in [5.41, 5.74) is 0. The Morgan fingerprint density at radius 3 is 2.89 bits per heavy atom. The molecule has 0 aromatic rings. The molecule has 104 valence electrons. The second-order valence-electron chi connectivity index (χ2n) is 6.02. The van der Waals surface area contributed by atoms with Gasteiger partial charge in [-0.3, -0.25) is 4.79 Å². The minimum Gasteiger partial charge on any atom is -0.377 e. The van der Waals surface area contributed by atoms with Crippen molar-refractivity contribution in [3.8, 4) is 0 Å². The van der Waals surface area contributed by atoms with Crippen LogP contribution in [0, 0.1) is 11.8 Å². The molecule has 1 aliphatic carbocycles. The largest absolute Gasteiger partial charge is 0.377 e. The van der Waals surface area contributed by atoms with Crippen LogP contribution in [0.1, 0.15) is 33.1 Å². The van der Waals surface area contributed by atoms with E-state index in [2.05, 4.69) is 19.2 Å². The van der Waals surface area contributed by atoms with Crippen molar-refractivity contribution in [3.05, 3.63) is 0 Å². The fourth-order valence-electron chi connectivity index (χ4n) is 2.53. The van der Waals surface area contributed by atoms with Crippen molar-refractivity contribution < 1.29 is 9.53 Å². The third-order valence-corrected chi connectivity index (χ3v) is 3.70. The Hall–Kier alpha value is -0.610. The van der Waals surface area contributed by atoms with Crippen molar-refractivity contribution in [1.82, 2.24) is 10.2 Å². The van der Waals surface area contributed by atoms with Gasteiger partial charge >= 0.3 is 0 Å². The Kier molecular flexibility index (Phi) is 5.01. The number of morpholine rings is 1. The van der Waals surface area contributed by atoms with E-state index in [1.54, 1.807) is 0 Å². The summed E-state index contributed by atoms with van der Waals surface area (Å²) in [5, 5.41) is 3.29. The Morgan fingerprint density at radius 1 is 1.44 bits per heavy atom. The number of hydrogen-bond acceptors (Lipinski definition) is 3. The molecular formula is C14H26N2O2. The van der Waals surface area contributed by atoms with Crippen LogP contribution in [0.5, 0.6) is 0 Å². The fourth-order valence-corrected chi connectivity index (χ4v) is 2.53. The van der Waals surface area contributed by atoms with Gasteiger partial charge in [-0.05, 0) is 37.6 Å². The second kappa shape index (κ2) is 6.53. The molecule has 1 atom stereocenters. The minimum absolute atomic E-state index is 0.240. The normalized spacial score (nSPS) is 24.6. The molecule has 2 fully saturated rings. The monoisotopic (exact) mass is 254 g/mol. The predicted octanol–water partition coefficient (Wildman–Crippen LogP) is 1.26. The van der Waals surface area contributed by atoms with Gasteiger partial charge in [-0.15, -0.1) is 0 Å². The van der Waals surface area contributed by atoms with Gasteiger partial charge in [-0.25, -0.2) is 0 Å². The maximum absolute atomic E-state index is 12.2. The van der Waals surface area contributed by atoms with E-state index in [-0.39, 0.29) is 11.9 Å². The molecule has 0 spiro atoms. The number of hydrogen-bond donors (Lipinski definition) is 1. The van der Waals surface area contributed by atoms with Crippen LogP contribution < -0.4 is 5.32 Å². The molecule has 0 radical (unpaired) electrons. The average molecular weight is 254 g/mol. The van der Waals surface area contributed by atoms with E-state index in [4.69, 9.17) is 4.74 Å². The number of carbonyl (C=O) groups is 1. The first kappa shape index (κ1) is 13.8. The highest BCUT2D eigenvalue weighted by molar-refractivity contribution is 5.78. The van der Waals surface area contributed by atoms with E-state index < -0.39 is 0 Å². The first-order valence-corrected chi connectivity index (χ1v) is 7.24. The molecule has 1 heterocycles. The summed E-state index contributed by atoms with van der Waals surface area (Å²) in [6, 6.07) is 0.272. The van der Waals surface area contributed by atoms with Crippen LogP contribution in [-0.4, -0.2) is 49.7 Å². The molecule has 1 amide bonds. The van der Waals surface area contributed by atoms with Crippen LogP contribution >= 0.6 is 0 Å². The highest BCUT2D eigenvalue weighted by Gasteiger charge is 2.28. The number of ether oxygens (including phenoxy) is 1. The SMILES string of the molecule is CC(C)CC1COCCN1C(=O)CNCC1CC1. The maximum Gasteiger partial charge on any atom is 0.236 e. The molecule has 0 aromatic carbocycles. The van der Waals surface area contributed by atoms with E-state index in [0.29, 0.717) is 25.7 Å². The lowest BCUT2D eigenvalue weighted by Crippen LogP contribution is -2.51. The van der Waals surface area contributed by atoms with Gasteiger partial charge in [0.25, 0.3) is 0 Å². The van der Waals surface area contributed by atoms with Gasteiger partial charge in [0, 0.05) is 6.54 Å². The van der Waals surface area contributed by atoms with E-state index in [0.717, 1.165) is 25.4 Å². The molecule has 4 nitrogen and oxygen atoms in total. The summed E-state index contributed by atoms with van der Waals surface area (Å²) in [5.74, 6) is 1.67. The lowest BCUT2D eigenvalue weighted by atomic mass is 10.0. The summed E-state index contributed by atoms with van der Waals surface area (Å²) < 4.78 is 5.50. The third kappa shape index (κ3) is 4.25. The molecule has 4 heteroatoms. The van der Waals surface area contributed by atoms with E-state index in [1.807, 2.05) is 4.90 Å². The van der Waals surface area contributed by atoms with Crippen LogP contribution in [0.4, 0.5) is 0 Å². The molecule has 1 N–H and O–H groups in total. The zero-order valence-corrected chi connectivity index (χ0v) is 11.7. The van der Waals surface area contributed by atoms with E-state index in [1.165, 1.54) is 12.8 Å². The summed E-state index contributed by atoms with van der Waals surface area (Å²) in [7, 11) is 0. The predicted molar refractivity (Wildman–Crippen MR) is 71.4 cm³/mol. The summed E-state index contributed by atoms with van der Waals surface area (Å²) >= 11 is 0. The Morgan fingerprint density at radius 2 is 2.22 bits per heavy atom. The number of amides is 1. The molecule has 0 aromatic heterocycles. The average Bonchev–Trinajstić information content (AvgIpc) is 3.13. The van der Waals surface area contributed by atoms with Gasteiger partial charge < -0.3 is 15.0 Å². The Balaban J connectivity index is 1.76. The van der Waals surface area contributed by atoms with Crippen LogP contribution in [0.2, 0.25) is 0 Å². The van der Waals surface area contributed by atoms with Gasteiger partial charge in [0.15, 0.2) is 0 Å². The fraction of sp³-hybridized carbons (Fsp3) is 0.929. The molecule has 18 heavy (non-hydrogen) atoms. The lowest BCUT2D eigenvalue weighted by molar-refractivity contribution is -0.139. The molecule has 0 bridgehead atoms. The van der Waals surface area contributed by atoms with Crippen molar-refractivity contribution in [2.75, 3.05) is 32.8 Å². The quantitative estimate of drug-likeness (QED) is 0.776. The van der Waals surface area contributed by atoms with Crippen molar-refractivity contribution >= 4 is 5.91 Å². The highest BCUT2D eigenvalue weighted by Crippen LogP contribution is 2.27. The molecule has 1 unspecified atom stereocenters. The summed E-state index contributed by atoms with van der Waals surface area (Å²) in [6.45, 7) is 8.03. The zero-order valence-electron chi connectivity index (χ0n) is 11.7. The first-order chi connectivity index (χ1) is 8.66. The number of nitrogens with one attached hydrogen (secondary N) is 1. The van der Waals surface area contributed by atoms with Crippen molar-refractivity contribution in [2.24, 2.45) is 11.8 Å². The van der Waals surface area contributed by atoms with Crippen LogP contribution in [0.15, 0.2) is 0 Å². The molecular weight excluding hydrogens is 228 g/mol. The van der Waals surface area contributed by atoms with E-state index in [9.17, 15) is 4.79 Å². The van der Waals surface area contributed by atoms with Crippen LogP contribution in [0.3, 0.4) is 0 Å². The molecule has 2 aliphatic rings. The maximum atomic E-state index is 12.2. The van der Waals surface area contributed by atoms with Crippen LogP contribution in [-0.2, 0) is 9.53 Å². The van der Waals surface area contributed by atoms with Crippen molar-refractivity contribution in [2.45, 2.75) is 39.2 Å². The number of rotatable bonds is 6. The first-order valence-electron chi connectivity index (χ1n) is 7.24. The number of nitrogens with zero attached hydrogens (tertiary/aromatic N) is 1. The van der Waals surface area contributed by atoms with Crippen LogP contribution in [0.25, 0.3) is 0 Å². The number of carbonyl (C=O) groups excluding carboxylic acids is 1. The Labute approximate surface area is 110 Å². The third-order valence-electron chi connectivity index (χ3n) is 3.70. The molecule has 1 aliphatic heterocycles. The standard InChI is InChI=1S/C14H26N2O2/c1-11(2)7-13-10-18-6-5-16(13)14(17)9-15-8-12-3-4-12/h11-13,15H,3-10H2,1-2H3. The van der Waals surface area contributed by atoms with Gasteiger partial charge in [-0.2, -0.15) is 0 Å². The topological polar surface area (TPSA) is 41.6 Å². The second-order valence-corrected chi connectivity index (χ2v) is 6.02. The van der Waals surface area contributed by atoms with Crippen molar-refractivity contribution in [1.29, 1.82) is 0 Å². The zero-order chi connectivity index (χ0) is 13.0. The molecule has 1 saturated carbocycles. The molecule has 2 rings (SSSR count). The Bertz CT molecular complexity index is 277. The van der Waals surface area contributed by atoms with Crippen molar-refractivity contribution in [3.63, 3.8) is 0 Å². The summed E-state index contributed by atoms with van der Waals surface area (Å²) in [4.78, 5) is 14.2. The van der Waals surface area contributed by atoms with Gasteiger partial charge in [0.1, 0.15) is 0 Å². The van der Waals surface area contributed by atoms with Gasteiger partial charge in [0.2, 0.25) is 5.91 Å². The highest BCUT2D eigenvalue weighted by atomic mass is 16.5. The lowest BCUT2D eigenvalue weighted by Gasteiger charge is -2.36. The van der Waals surface area contributed by atoms with Gasteiger partial charge in [0.05, 0.1) is 25.8 Å². The molecule has 1 saturated heterocycles. The van der Waals surface area contributed by atoms with E-state index >= 15 is 0 Å². The van der Waals surface area contributed by atoms with Gasteiger partial charge in [-0.1, -0.05) is 13.8 Å². The smallest absolute Gasteiger partial charge is 0.236 e. The minimum atomic E-state index is 0.240.